The highest BCUT2D eigenvalue weighted by atomic mass is 32.2. The van der Waals surface area contributed by atoms with Gasteiger partial charge in [-0.05, 0) is 61.7 Å². The SMILES string of the molecule is C#CCn1c(=NC(=O)c2ccc(S(=O)(=O)N(CC)CCCC)cc2)sc2c(C)cc(C)cc21. The van der Waals surface area contributed by atoms with Crippen LogP contribution in [0.1, 0.15) is 48.2 Å². The lowest BCUT2D eigenvalue weighted by molar-refractivity contribution is 0.0998. The molecular weight excluding hydrogens is 454 g/mol. The molecule has 0 unspecified atom stereocenters. The number of unbranched alkanes of at least 4 members (excludes halogenated alkanes) is 1. The van der Waals surface area contributed by atoms with Gasteiger partial charge in [0.15, 0.2) is 4.80 Å². The van der Waals surface area contributed by atoms with Gasteiger partial charge in [-0.2, -0.15) is 9.30 Å². The number of terminal acetylenes is 1. The van der Waals surface area contributed by atoms with E-state index in [-0.39, 0.29) is 4.90 Å². The van der Waals surface area contributed by atoms with Gasteiger partial charge in [-0.25, -0.2) is 8.42 Å². The molecule has 33 heavy (non-hydrogen) atoms. The average molecular weight is 484 g/mol. The lowest BCUT2D eigenvalue weighted by atomic mass is 10.1. The number of thiazole rings is 1. The number of fused-ring (bicyclic) bond motifs is 1. The van der Waals surface area contributed by atoms with Gasteiger partial charge in [-0.1, -0.05) is 43.6 Å². The van der Waals surface area contributed by atoms with E-state index in [2.05, 4.69) is 17.0 Å². The molecule has 0 N–H and O–H groups in total. The van der Waals surface area contributed by atoms with E-state index in [1.54, 1.807) is 0 Å². The lowest BCUT2D eigenvalue weighted by Crippen LogP contribution is -2.31. The summed E-state index contributed by atoms with van der Waals surface area (Å²) in [6, 6.07) is 10.1. The first-order valence-corrected chi connectivity index (χ1v) is 13.2. The number of carbonyl (C=O) groups excluding carboxylic acids is 1. The minimum Gasteiger partial charge on any atom is -0.305 e. The molecule has 0 bridgehead atoms. The molecule has 2 aromatic carbocycles. The summed E-state index contributed by atoms with van der Waals surface area (Å²) in [6.45, 7) is 9.07. The maximum atomic E-state index is 12.9. The summed E-state index contributed by atoms with van der Waals surface area (Å²) in [6.07, 6.45) is 7.28. The molecule has 0 saturated heterocycles. The highest BCUT2D eigenvalue weighted by Gasteiger charge is 2.22. The number of aryl methyl sites for hydroxylation is 2. The van der Waals surface area contributed by atoms with Crippen LogP contribution in [0.3, 0.4) is 0 Å². The van der Waals surface area contributed by atoms with E-state index in [9.17, 15) is 13.2 Å². The van der Waals surface area contributed by atoms with Gasteiger partial charge in [-0.3, -0.25) is 4.79 Å². The van der Waals surface area contributed by atoms with E-state index in [1.165, 1.54) is 39.9 Å². The number of amides is 1. The summed E-state index contributed by atoms with van der Waals surface area (Å²) in [4.78, 5) is 17.9. The Morgan fingerprint density at radius 3 is 2.48 bits per heavy atom. The first-order chi connectivity index (χ1) is 15.7. The summed E-state index contributed by atoms with van der Waals surface area (Å²) < 4.78 is 30.2. The fraction of sp³-hybridized carbons (Fsp3) is 0.360. The van der Waals surface area contributed by atoms with Crippen LogP contribution in [0.15, 0.2) is 46.3 Å². The zero-order valence-corrected chi connectivity index (χ0v) is 21.1. The second-order valence-electron chi connectivity index (χ2n) is 7.90. The molecule has 0 radical (unpaired) electrons. The largest absolute Gasteiger partial charge is 0.305 e. The minimum absolute atomic E-state index is 0.173. The zero-order valence-electron chi connectivity index (χ0n) is 19.5. The second-order valence-corrected chi connectivity index (χ2v) is 10.8. The van der Waals surface area contributed by atoms with Crippen molar-refractivity contribution in [1.29, 1.82) is 0 Å². The smallest absolute Gasteiger partial charge is 0.279 e. The third-order valence-corrected chi connectivity index (χ3v) is 8.63. The zero-order chi connectivity index (χ0) is 24.2. The topological polar surface area (TPSA) is 71.7 Å². The molecule has 0 atom stereocenters. The molecule has 0 aliphatic rings. The van der Waals surface area contributed by atoms with Gasteiger partial charge in [0.1, 0.15) is 0 Å². The number of aromatic nitrogens is 1. The fourth-order valence-corrected chi connectivity index (χ4v) is 6.26. The molecule has 0 aliphatic carbocycles. The van der Waals surface area contributed by atoms with Crippen molar-refractivity contribution in [3.63, 3.8) is 0 Å². The highest BCUT2D eigenvalue weighted by molar-refractivity contribution is 7.89. The van der Waals surface area contributed by atoms with E-state index in [0.29, 0.717) is 30.0 Å². The van der Waals surface area contributed by atoms with E-state index < -0.39 is 15.9 Å². The summed E-state index contributed by atoms with van der Waals surface area (Å²) in [5.41, 5.74) is 3.49. The van der Waals surface area contributed by atoms with Gasteiger partial charge in [0.05, 0.1) is 21.7 Å². The molecule has 0 spiro atoms. The molecule has 0 aliphatic heterocycles. The number of nitrogens with zero attached hydrogens (tertiary/aromatic N) is 3. The quantitative estimate of drug-likeness (QED) is 0.443. The molecular formula is C25H29N3O3S2. The van der Waals surface area contributed by atoms with E-state index in [4.69, 9.17) is 6.42 Å². The van der Waals surface area contributed by atoms with Crippen LogP contribution in [0.5, 0.6) is 0 Å². The minimum atomic E-state index is -3.60. The Labute approximate surface area is 199 Å². The van der Waals surface area contributed by atoms with Crippen molar-refractivity contribution >= 4 is 37.5 Å². The van der Waals surface area contributed by atoms with Crippen molar-refractivity contribution in [2.75, 3.05) is 13.1 Å². The third-order valence-electron chi connectivity index (χ3n) is 5.41. The number of sulfonamides is 1. The van der Waals surface area contributed by atoms with Gasteiger partial charge < -0.3 is 4.57 Å². The lowest BCUT2D eigenvalue weighted by Gasteiger charge is -2.20. The van der Waals surface area contributed by atoms with Crippen molar-refractivity contribution in [1.82, 2.24) is 8.87 Å². The first-order valence-electron chi connectivity index (χ1n) is 11.0. The Balaban J connectivity index is 1.97. The normalized spacial score (nSPS) is 12.4. The van der Waals surface area contributed by atoms with E-state index in [0.717, 1.165) is 34.2 Å². The summed E-state index contributed by atoms with van der Waals surface area (Å²) in [7, 11) is -3.60. The van der Waals surface area contributed by atoms with Gasteiger partial charge in [0.25, 0.3) is 5.91 Å². The van der Waals surface area contributed by atoms with Crippen LogP contribution in [0.4, 0.5) is 0 Å². The number of hydrogen-bond donors (Lipinski definition) is 0. The predicted molar refractivity (Wildman–Crippen MR) is 134 cm³/mol. The molecule has 0 saturated carbocycles. The fourth-order valence-electron chi connectivity index (χ4n) is 3.69. The van der Waals surface area contributed by atoms with E-state index in [1.807, 2.05) is 38.3 Å². The Morgan fingerprint density at radius 2 is 1.88 bits per heavy atom. The molecule has 6 nitrogen and oxygen atoms in total. The summed E-state index contributed by atoms with van der Waals surface area (Å²) in [5, 5.41) is 0. The Morgan fingerprint density at radius 1 is 1.18 bits per heavy atom. The maximum Gasteiger partial charge on any atom is 0.279 e. The van der Waals surface area contributed by atoms with Crippen LogP contribution in [0.2, 0.25) is 0 Å². The number of rotatable bonds is 8. The number of carbonyl (C=O) groups is 1. The van der Waals surface area contributed by atoms with Crippen LogP contribution in [-0.2, 0) is 16.6 Å². The van der Waals surface area contributed by atoms with Crippen LogP contribution >= 0.6 is 11.3 Å². The van der Waals surface area contributed by atoms with Crippen molar-refractivity contribution in [2.45, 2.75) is 52.0 Å². The Kier molecular flexibility index (Phi) is 7.90. The van der Waals surface area contributed by atoms with Crippen molar-refractivity contribution in [2.24, 2.45) is 4.99 Å². The highest BCUT2D eigenvalue weighted by Crippen LogP contribution is 2.23. The molecule has 3 rings (SSSR count). The van der Waals surface area contributed by atoms with Crippen molar-refractivity contribution < 1.29 is 13.2 Å². The van der Waals surface area contributed by atoms with Crippen LogP contribution in [0, 0.1) is 26.2 Å². The second kappa shape index (κ2) is 10.5. The van der Waals surface area contributed by atoms with Gasteiger partial charge in [0, 0.05) is 18.7 Å². The van der Waals surface area contributed by atoms with Crippen LogP contribution < -0.4 is 4.80 Å². The Bertz CT molecular complexity index is 1380. The molecule has 1 amide bonds. The van der Waals surface area contributed by atoms with Crippen LogP contribution in [0.25, 0.3) is 10.2 Å². The number of hydrogen-bond acceptors (Lipinski definition) is 4. The van der Waals surface area contributed by atoms with Crippen LogP contribution in [-0.4, -0.2) is 36.3 Å². The molecule has 8 heteroatoms. The van der Waals surface area contributed by atoms with Crippen molar-refractivity contribution in [3.05, 3.63) is 57.9 Å². The Hall–Kier alpha value is -2.73. The molecule has 1 heterocycles. The average Bonchev–Trinajstić information content (AvgIpc) is 3.12. The molecule has 1 aromatic heterocycles. The van der Waals surface area contributed by atoms with Crippen molar-refractivity contribution in [3.8, 4) is 12.3 Å². The van der Waals surface area contributed by atoms with Gasteiger partial charge >= 0.3 is 0 Å². The monoisotopic (exact) mass is 483 g/mol. The maximum absolute atomic E-state index is 12.9. The predicted octanol–water partition coefficient (Wildman–Crippen LogP) is 4.50. The van der Waals surface area contributed by atoms with Gasteiger partial charge in [-0.15, -0.1) is 6.42 Å². The molecule has 174 valence electrons. The first kappa shape index (κ1) is 24.9. The molecule has 0 fully saturated rings. The third kappa shape index (κ3) is 5.27. The van der Waals surface area contributed by atoms with E-state index >= 15 is 0 Å². The summed E-state index contributed by atoms with van der Waals surface area (Å²) in [5.74, 6) is 2.20. The summed E-state index contributed by atoms with van der Waals surface area (Å²) >= 11 is 1.42. The molecule has 3 aromatic rings. The number of benzene rings is 2. The standard InChI is InChI=1S/C25H29N3O3S2/c1-6-9-15-27(8-3)33(30,31)21-12-10-20(11-13-21)24(29)26-25-28(14-7-2)22-17-18(4)16-19(5)23(22)32-25/h2,10-13,16-17H,6,8-9,14-15H2,1,3-5H3. The van der Waals surface area contributed by atoms with Gasteiger partial charge in [0.2, 0.25) is 10.0 Å².